The third-order valence-electron chi connectivity index (χ3n) is 6.36. The molecular formula is C27H32F4N6O6S. The van der Waals surface area contributed by atoms with Gasteiger partial charge in [-0.05, 0) is 70.4 Å². The highest BCUT2D eigenvalue weighted by molar-refractivity contribution is 7.13. The van der Waals surface area contributed by atoms with E-state index >= 15 is 0 Å². The summed E-state index contributed by atoms with van der Waals surface area (Å²) in [5.74, 6) is -0.944. The van der Waals surface area contributed by atoms with Crippen LogP contribution in [-0.2, 0) is 11.0 Å². The van der Waals surface area contributed by atoms with E-state index in [2.05, 4.69) is 15.5 Å². The third-order valence-corrected chi connectivity index (χ3v) is 7.24. The molecule has 0 bridgehead atoms. The number of hydrogen-bond acceptors (Lipinski definition) is 10. The number of alkyl halides is 3. The maximum atomic E-state index is 13.0. The predicted molar refractivity (Wildman–Crippen MR) is 157 cm³/mol. The molecule has 0 spiro atoms. The van der Waals surface area contributed by atoms with Crippen molar-refractivity contribution in [2.24, 2.45) is 0 Å². The van der Waals surface area contributed by atoms with Crippen LogP contribution in [0.25, 0.3) is 0 Å². The Labute approximate surface area is 254 Å². The van der Waals surface area contributed by atoms with Gasteiger partial charge < -0.3 is 15.0 Å². The summed E-state index contributed by atoms with van der Waals surface area (Å²) in [6, 6.07) is 6.37. The molecule has 1 N–H and O–H groups in total. The number of halogens is 4. The second-order valence-electron chi connectivity index (χ2n) is 9.73. The quantitative estimate of drug-likeness (QED) is 0.129. The van der Waals surface area contributed by atoms with Gasteiger partial charge in [0.15, 0.2) is 12.3 Å². The van der Waals surface area contributed by atoms with Crippen LogP contribution in [0.1, 0.15) is 56.7 Å². The minimum Gasteiger partial charge on any atom is -0.459 e. The molecule has 0 aliphatic heterocycles. The van der Waals surface area contributed by atoms with E-state index in [4.69, 9.17) is 4.74 Å². The second-order valence-corrected chi connectivity index (χ2v) is 10.7. The number of anilines is 2. The van der Waals surface area contributed by atoms with Crippen LogP contribution in [0.2, 0.25) is 0 Å². The molecule has 0 atom stereocenters. The zero-order valence-electron chi connectivity index (χ0n) is 24.8. The number of nitrogens with zero attached hydrogens (tertiary/aromatic N) is 5. The maximum Gasteiger partial charge on any atom is 0.445 e. The van der Waals surface area contributed by atoms with Crippen LogP contribution in [0.4, 0.5) is 40.3 Å². The molecule has 0 aliphatic rings. The first-order chi connectivity index (χ1) is 20.5. The Morgan fingerprint density at radius 3 is 2.11 bits per heavy atom. The number of nitro groups is 2. The van der Waals surface area contributed by atoms with Crippen molar-refractivity contribution >= 4 is 40.0 Å². The van der Waals surface area contributed by atoms with Crippen LogP contribution in [0.3, 0.4) is 0 Å². The Kier molecular flexibility index (Phi) is 12.5. The number of nitro benzene ring substituents is 2. The molecule has 1 heterocycles. The summed E-state index contributed by atoms with van der Waals surface area (Å²) in [6.45, 7) is 10.1. The van der Waals surface area contributed by atoms with Crippen LogP contribution >= 0.6 is 11.3 Å². The van der Waals surface area contributed by atoms with Gasteiger partial charge in [0.1, 0.15) is 5.82 Å². The highest BCUT2D eigenvalue weighted by atomic mass is 32.1. The molecule has 0 radical (unpaired) electrons. The van der Waals surface area contributed by atoms with Gasteiger partial charge in [0.2, 0.25) is 5.01 Å². The lowest BCUT2D eigenvalue weighted by Crippen LogP contribution is -2.40. The fourth-order valence-corrected chi connectivity index (χ4v) is 4.56. The molecule has 17 heteroatoms. The molecule has 1 aromatic heterocycles. The zero-order valence-corrected chi connectivity index (χ0v) is 25.6. The molecule has 3 aromatic rings. The average molecular weight is 645 g/mol. The van der Waals surface area contributed by atoms with E-state index in [1.165, 1.54) is 35.2 Å². The van der Waals surface area contributed by atoms with Crippen LogP contribution in [0.5, 0.6) is 5.19 Å². The summed E-state index contributed by atoms with van der Waals surface area (Å²) >= 11 is 0.210. The number of ether oxygens (including phenoxy) is 1. The van der Waals surface area contributed by atoms with Crippen molar-refractivity contribution in [1.82, 2.24) is 10.2 Å². The lowest BCUT2D eigenvalue weighted by atomic mass is 10.0. The predicted octanol–water partition coefficient (Wildman–Crippen LogP) is 7.24. The van der Waals surface area contributed by atoms with E-state index in [9.17, 15) is 42.6 Å². The SMILES string of the molecule is CC(C)N(C(=O)COc1nnc(C(F)(F)F)s1)c1ccc(F)cc1.CCC(CC)Nc1c([N+](=O)[O-])cc(C)c(C)c1[N+](=O)[O-]. The van der Waals surface area contributed by atoms with Crippen molar-refractivity contribution in [2.45, 2.75) is 72.6 Å². The van der Waals surface area contributed by atoms with Gasteiger partial charge in [-0.25, -0.2) is 4.39 Å². The molecule has 240 valence electrons. The molecule has 0 fully saturated rings. The molecule has 2 aromatic carbocycles. The summed E-state index contributed by atoms with van der Waals surface area (Å²) in [6.07, 6.45) is -3.14. The summed E-state index contributed by atoms with van der Waals surface area (Å²) < 4.78 is 55.3. The molecule has 12 nitrogen and oxygen atoms in total. The number of nitrogens with one attached hydrogen (secondary N) is 1. The number of hydrogen-bond donors (Lipinski definition) is 1. The van der Waals surface area contributed by atoms with E-state index in [-0.39, 0.29) is 45.7 Å². The smallest absolute Gasteiger partial charge is 0.445 e. The Hall–Kier alpha value is -4.41. The second kappa shape index (κ2) is 15.4. The Morgan fingerprint density at radius 1 is 1.07 bits per heavy atom. The zero-order chi connectivity index (χ0) is 33.4. The van der Waals surface area contributed by atoms with Gasteiger partial charge >= 0.3 is 11.9 Å². The number of benzene rings is 2. The van der Waals surface area contributed by atoms with Crippen molar-refractivity contribution in [1.29, 1.82) is 0 Å². The summed E-state index contributed by atoms with van der Waals surface area (Å²) in [5.41, 5.74) is 1.01. The normalized spacial score (nSPS) is 11.2. The van der Waals surface area contributed by atoms with E-state index in [1.54, 1.807) is 27.7 Å². The maximum absolute atomic E-state index is 13.0. The summed E-state index contributed by atoms with van der Waals surface area (Å²) in [4.78, 5) is 34.9. The Balaban J connectivity index is 0.000000312. The molecular weight excluding hydrogens is 612 g/mol. The number of rotatable bonds is 11. The molecule has 0 saturated heterocycles. The highest BCUT2D eigenvalue weighted by Crippen LogP contribution is 2.39. The van der Waals surface area contributed by atoms with E-state index < -0.39 is 39.4 Å². The Morgan fingerprint density at radius 2 is 1.66 bits per heavy atom. The lowest BCUT2D eigenvalue weighted by molar-refractivity contribution is -0.392. The largest absolute Gasteiger partial charge is 0.459 e. The average Bonchev–Trinajstić information content (AvgIpc) is 3.43. The van der Waals surface area contributed by atoms with Crippen LogP contribution < -0.4 is 15.0 Å². The first-order valence-electron chi connectivity index (χ1n) is 13.3. The molecule has 0 unspecified atom stereocenters. The van der Waals surface area contributed by atoms with Gasteiger partial charge in [-0.1, -0.05) is 30.3 Å². The van der Waals surface area contributed by atoms with Gasteiger partial charge in [-0.15, -0.1) is 5.10 Å². The topological polar surface area (TPSA) is 154 Å². The van der Waals surface area contributed by atoms with Gasteiger partial charge in [-0.3, -0.25) is 25.0 Å². The highest BCUT2D eigenvalue weighted by Gasteiger charge is 2.36. The van der Waals surface area contributed by atoms with Crippen LogP contribution in [0, 0.1) is 39.9 Å². The van der Waals surface area contributed by atoms with Crippen LogP contribution in [-0.4, -0.2) is 44.6 Å². The van der Waals surface area contributed by atoms with Crippen LogP contribution in [0.15, 0.2) is 30.3 Å². The minimum absolute atomic E-state index is 0.0109. The summed E-state index contributed by atoms with van der Waals surface area (Å²) in [7, 11) is 0. The minimum atomic E-state index is -4.61. The molecule has 0 saturated carbocycles. The standard InChI is InChI=1S/C14H13F4N3O2S.C13H19N3O4/c1-8(2)21(10-5-3-9(15)4-6-10)11(22)7-23-13-20-19-12(24-13)14(16,17)18;1-5-10(6-2)14-12-11(15(17)18)7-8(3)9(4)13(12)16(19)20/h3-6,8H,7H2,1-2H3;7,10,14H,5-6H2,1-4H3. The van der Waals surface area contributed by atoms with Gasteiger partial charge in [0.05, 0.1) is 9.85 Å². The van der Waals surface area contributed by atoms with Crippen molar-refractivity contribution in [3.8, 4) is 5.19 Å². The number of carbonyl (C=O) groups excluding carboxylic acids is 1. The number of aromatic nitrogens is 2. The first-order valence-corrected chi connectivity index (χ1v) is 14.1. The van der Waals surface area contributed by atoms with Crippen molar-refractivity contribution in [2.75, 3.05) is 16.8 Å². The lowest BCUT2D eigenvalue weighted by Gasteiger charge is -2.26. The molecule has 0 aliphatic carbocycles. The Bertz CT molecular complexity index is 1460. The van der Waals surface area contributed by atoms with Crippen molar-refractivity contribution in [3.63, 3.8) is 0 Å². The van der Waals surface area contributed by atoms with Crippen molar-refractivity contribution < 1.29 is 36.9 Å². The first kappa shape index (κ1) is 35.8. The summed E-state index contributed by atoms with van der Waals surface area (Å²) in [5, 5.41) is 30.1. The number of aryl methyl sites for hydroxylation is 1. The fourth-order valence-electron chi connectivity index (χ4n) is 4.00. The number of carbonyl (C=O) groups is 1. The van der Waals surface area contributed by atoms with E-state index in [0.717, 1.165) is 12.8 Å². The molecule has 44 heavy (non-hydrogen) atoms. The van der Waals surface area contributed by atoms with Gasteiger partial charge in [0.25, 0.3) is 16.8 Å². The third kappa shape index (κ3) is 9.29. The van der Waals surface area contributed by atoms with E-state index in [1.807, 2.05) is 13.8 Å². The van der Waals surface area contributed by atoms with Gasteiger partial charge in [0, 0.05) is 29.4 Å². The molecule has 3 rings (SSSR count). The van der Waals surface area contributed by atoms with Gasteiger partial charge in [-0.2, -0.15) is 13.2 Å². The monoisotopic (exact) mass is 644 g/mol. The molecule has 1 amide bonds. The number of amides is 1. The van der Waals surface area contributed by atoms with E-state index in [0.29, 0.717) is 16.8 Å². The fraction of sp³-hybridized carbons (Fsp3) is 0.444. The van der Waals surface area contributed by atoms with Crippen molar-refractivity contribution in [3.05, 3.63) is 72.5 Å².